The lowest BCUT2D eigenvalue weighted by molar-refractivity contribution is 0.543. The van der Waals surface area contributed by atoms with E-state index in [0.29, 0.717) is 0 Å². The highest BCUT2D eigenvalue weighted by atomic mass is 14.8. The summed E-state index contributed by atoms with van der Waals surface area (Å²) < 4.78 is 0. The van der Waals surface area contributed by atoms with Crippen LogP contribution in [0, 0.1) is 27.7 Å². The smallest absolute Gasteiger partial charge is 0.0487 e. The number of rotatable bonds is 0. The first-order valence-corrected chi connectivity index (χ1v) is 11.6. The molecule has 3 aromatic rings. The van der Waals surface area contributed by atoms with E-state index in [1.165, 1.54) is 22.3 Å². The van der Waals surface area contributed by atoms with Crippen LogP contribution in [-0.4, -0.2) is 19.9 Å². The van der Waals surface area contributed by atoms with Crippen LogP contribution in [0.25, 0.3) is 22.1 Å². The zero-order valence-electron chi connectivity index (χ0n) is 20.6. The lowest BCUT2D eigenvalue weighted by atomic mass is 9.87. The average molecular weight is 427 g/mol. The molecule has 0 amide bonds. The molecule has 32 heavy (non-hydrogen) atoms. The van der Waals surface area contributed by atoms with Gasteiger partial charge in [0.15, 0.2) is 0 Å². The van der Waals surface area contributed by atoms with Gasteiger partial charge in [-0.3, -0.25) is 9.97 Å². The average Bonchev–Trinajstić information content (AvgIpc) is 3.32. The summed E-state index contributed by atoms with van der Waals surface area (Å²) in [5.41, 5.74) is 14.3. The number of hydrogen-bond acceptors (Lipinski definition) is 2. The maximum Gasteiger partial charge on any atom is 0.0487 e. The van der Waals surface area contributed by atoms with Crippen LogP contribution in [0.2, 0.25) is 0 Å². The predicted octanol–water partition coefficient (Wildman–Crippen LogP) is 6.59. The maximum atomic E-state index is 5.08. The minimum atomic E-state index is 0.00263. The minimum absolute atomic E-state index is 0.00263. The normalized spacial score (nSPS) is 17.0. The van der Waals surface area contributed by atoms with Crippen molar-refractivity contribution in [3.05, 3.63) is 69.3 Å². The highest BCUT2D eigenvalue weighted by Gasteiger charge is 2.30. The molecule has 5 rings (SSSR count). The quantitative estimate of drug-likeness (QED) is 0.426. The first-order chi connectivity index (χ1) is 14.9. The van der Waals surface area contributed by atoms with E-state index in [9.17, 15) is 0 Å². The summed E-state index contributed by atoms with van der Waals surface area (Å²) in [6, 6.07) is 8.96. The largest absolute Gasteiger partial charge is 0.355 e. The Bertz CT molecular complexity index is 1300. The number of nitrogens with zero attached hydrogens (tertiary/aromatic N) is 2. The first kappa shape index (κ1) is 21.0. The van der Waals surface area contributed by atoms with Crippen molar-refractivity contribution in [1.29, 1.82) is 0 Å². The van der Waals surface area contributed by atoms with Crippen molar-refractivity contribution in [2.45, 2.75) is 79.1 Å². The minimum Gasteiger partial charge on any atom is -0.355 e. The molecule has 8 bridgehead atoms. The van der Waals surface area contributed by atoms with Crippen LogP contribution in [0.15, 0.2) is 24.3 Å². The lowest BCUT2D eigenvalue weighted by Crippen LogP contribution is -2.15. The van der Waals surface area contributed by atoms with Gasteiger partial charge in [0, 0.05) is 68.5 Å². The van der Waals surface area contributed by atoms with Crippen LogP contribution < -0.4 is 0 Å². The maximum absolute atomic E-state index is 5.08. The second kappa shape index (κ2) is 6.81. The van der Waals surface area contributed by atoms with Gasteiger partial charge in [-0.1, -0.05) is 27.7 Å². The number of aromatic amines is 2. The standard InChI is InChI=1S/C28H34N4/c1-15-17(3)23-11-25-28(7,8)14-20(30-25)10-22-16(2)18(4)24(32-22)12-26-27(5,6)13-19(29-26)9-21(15)31-23/h9-12,31-32H,13-14H2,1-8H3. The molecule has 0 aromatic carbocycles. The number of fused-ring (bicyclic) bond motifs is 8. The SMILES string of the molecule is Cc1c(C)c2cc3nc(cc4[nH]c(cc5nc(cc1[nH]2)CC5(C)C)c(C)c4C)CC3(C)C. The molecule has 2 aliphatic rings. The van der Waals surface area contributed by atoms with Crippen molar-refractivity contribution in [1.82, 2.24) is 19.9 Å². The molecule has 166 valence electrons. The Morgan fingerprint density at radius 2 is 0.875 bits per heavy atom. The molecule has 4 nitrogen and oxygen atoms in total. The van der Waals surface area contributed by atoms with E-state index in [0.717, 1.165) is 57.7 Å². The second-order valence-electron chi connectivity index (χ2n) is 11.1. The molecule has 0 fully saturated rings. The summed E-state index contributed by atoms with van der Waals surface area (Å²) in [6.45, 7) is 17.9. The summed E-state index contributed by atoms with van der Waals surface area (Å²) in [4.78, 5) is 17.5. The summed E-state index contributed by atoms with van der Waals surface area (Å²) in [6.07, 6.45) is 1.87. The molecule has 2 N–H and O–H groups in total. The van der Waals surface area contributed by atoms with E-state index in [1.54, 1.807) is 0 Å². The van der Waals surface area contributed by atoms with Gasteiger partial charge in [0.05, 0.1) is 0 Å². The fourth-order valence-corrected chi connectivity index (χ4v) is 5.06. The van der Waals surface area contributed by atoms with E-state index < -0.39 is 0 Å². The van der Waals surface area contributed by atoms with E-state index in [4.69, 9.17) is 9.97 Å². The third-order valence-electron chi connectivity index (χ3n) is 7.62. The van der Waals surface area contributed by atoms with Crippen LogP contribution in [0.1, 0.15) is 72.7 Å². The molecule has 0 saturated carbocycles. The van der Waals surface area contributed by atoms with Crippen LogP contribution in [0.5, 0.6) is 0 Å². The summed E-state index contributed by atoms with van der Waals surface area (Å²) in [5, 5.41) is 0. The number of H-pyrrole nitrogens is 2. The molecule has 0 radical (unpaired) electrons. The van der Waals surface area contributed by atoms with E-state index >= 15 is 0 Å². The second-order valence-corrected chi connectivity index (χ2v) is 11.1. The van der Waals surface area contributed by atoms with Crippen molar-refractivity contribution in [3.8, 4) is 0 Å². The third kappa shape index (κ3) is 3.28. The molecule has 0 saturated heterocycles. The molecule has 4 heteroatoms. The van der Waals surface area contributed by atoms with Crippen LogP contribution >= 0.6 is 0 Å². The number of hydrogen-bond donors (Lipinski definition) is 2. The summed E-state index contributed by atoms with van der Waals surface area (Å²) in [5.74, 6) is 0. The van der Waals surface area contributed by atoms with Gasteiger partial charge in [-0.25, -0.2) is 0 Å². The van der Waals surface area contributed by atoms with Gasteiger partial charge in [0.2, 0.25) is 0 Å². The van der Waals surface area contributed by atoms with Crippen molar-refractivity contribution in [2.75, 3.05) is 0 Å². The van der Waals surface area contributed by atoms with Gasteiger partial charge in [-0.05, 0) is 74.2 Å². The predicted molar refractivity (Wildman–Crippen MR) is 133 cm³/mol. The molecule has 0 aliphatic carbocycles. The van der Waals surface area contributed by atoms with Crippen LogP contribution in [-0.2, 0) is 23.7 Å². The van der Waals surface area contributed by atoms with Crippen molar-refractivity contribution in [2.24, 2.45) is 0 Å². The molecule has 0 spiro atoms. The van der Waals surface area contributed by atoms with Gasteiger partial charge in [0.25, 0.3) is 0 Å². The Kier molecular flexibility index (Phi) is 4.47. The topological polar surface area (TPSA) is 57.4 Å². The summed E-state index contributed by atoms with van der Waals surface area (Å²) in [7, 11) is 0. The zero-order valence-corrected chi connectivity index (χ0v) is 20.6. The highest BCUT2D eigenvalue weighted by Crippen LogP contribution is 2.34. The van der Waals surface area contributed by atoms with E-state index in [-0.39, 0.29) is 10.8 Å². The lowest BCUT2D eigenvalue weighted by Gasteiger charge is -2.15. The Balaban J connectivity index is 1.94. The Hall–Kier alpha value is -2.88. The molecular weight excluding hydrogens is 392 g/mol. The number of aromatic nitrogens is 4. The van der Waals surface area contributed by atoms with Crippen LogP contribution in [0.3, 0.4) is 0 Å². The Morgan fingerprint density at radius 3 is 1.22 bits per heavy atom. The molecule has 0 atom stereocenters. The van der Waals surface area contributed by atoms with Crippen molar-refractivity contribution >= 4 is 22.1 Å². The molecule has 5 heterocycles. The first-order valence-electron chi connectivity index (χ1n) is 11.6. The van der Waals surface area contributed by atoms with Crippen molar-refractivity contribution in [3.63, 3.8) is 0 Å². The van der Waals surface area contributed by atoms with E-state index in [1.807, 2.05) is 0 Å². The van der Waals surface area contributed by atoms with Gasteiger partial charge < -0.3 is 9.97 Å². The number of nitrogens with one attached hydrogen (secondary N) is 2. The fraction of sp³-hybridized carbons (Fsp3) is 0.429. The monoisotopic (exact) mass is 426 g/mol. The zero-order chi connectivity index (χ0) is 23.0. The van der Waals surface area contributed by atoms with Crippen LogP contribution in [0.4, 0.5) is 0 Å². The number of aryl methyl sites for hydroxylation is 4. The van der Waals surface area contributed by atoms with E-state index in [2.05, 4.69) is 89.6 Å². The van der Waals surface area contributed by atoms with Gasteiger partial charge in [-0.15, -0.1) is 0 Å². The summed E-state index contributed by atoms with van der Waals surface area (Å²) >= 11 is 0. The van der Waals surface area contributed by atoms with Gasteiger partial charge >= 0.3 is 0 Å². The van der Waals surface area contributed by atoms with Gasteiger partial charge in [-0.2, -0.15) is 0 Å². The Morgan fingerprint density at radius 1 is 0.562 bits per heavy atom. The molecule has 0 unspecified atom stereocenters. The Labute approximate surface area is 190 Å². The third-order valence-corrected chi connectivity index (χ3v) is 7.62. The molecule has 3 aromatic heterocycles. The molecule has 2 aliphatic heterocycles. The van der Waals surface area contributed by atoms with Gasteiger partial charge in [0.1, 0.15) is 0 Å². The van der Waals surface area contributed by atoms with Crippen molar-refractivity contribution < 1.29 is 0 Å². The fourth-order valence-electron chi connectivity index (χ4n) is 5.06. The highest BCUT2D eigenvalue weighted by molar-refractivity contribution is 5.73. The molecular formula is C28H34N4.